The predicted molar refractivity (Wildman–Crippen MR) is 389 cm³/mol. The van der Waals surface area contributed by atoms with Crippen LogP contribution in [-0.4, -0.2) is 124 Å². The number of amides is 1. The van der Waals surface area contributed by atoms with Gasteiger partial charge in [0.1, 0.15) is 18.4 Å². The number of aromatic nitrogens is 4. The van der Waals surface area contributed by atoms with Crippen molar-refractivity contribution in [1.82, 2.24) is 47.7 Å². The van der Waals surface area contributed by atoms with E-state index in [0.29, 0.717) is 22.7 Å². The van der Waals surface area contributed by atoms with E-state index in [4.69, 9.17) is 4.74 Å². The third-order valence-corrected chi connectivity index (χ3v) is 21.4. The molecule has 2 aromatic heterocycles. The third-order valence-electron chi connectivity index (χ3n) is 17.8. The van der Waals surface area contributed by atoms with Crippen LogP contribution in [0.15, 0.2) is 296 Å². The molecule has 0 bridgehead atoms. The zero-order chi connectivity index (χ0) is 68.8. The van der Waals surface area contributed by atoms with E-state index in [2.05, 4.69) is 86.7 Å². The summed E-state index contributed by atoms with van der Waals surface area (Å²) in [6.07, 6.45) is 9.96. The van der Waals surface area contributed by atoms with Gasteiger partial charge in [0, 0.05) is 95.0 Å². The molecule has 0 radical (unpaired) electrons. The molecule has 2 aliphatic heterocycles. The standard InChI is InChI=1S/C37H39N5O3S.C30H25N3O4S.C13H20N2/c1-39(34-21-23-40(24-22-34)25-30-11-5-2-6-12-30)37(43)41-28-36(38-29-41)33-17-19-35(20-18-33)46(44,45)42(26-31-13-7-3-8-14-31)27-32-15-9-4-10-16-32;34-30(37-27-14-8-3-9-15-27)32-22-29(31-23-32)26-16-18-28(19-17-26)38(35,36)33(20-24-10-4-1-5-11-24)21-25-12-6-2-7-13-25;1-14-13-7-9-15(10-8-13)11-12-5-3-2-4-6-12/h2-20,28-29,34H,21-27H2,1H3;1-19,22-23H,20-21H2;2-6,13-14H,7-11H2,1H3. The zero-order valence-electron chi connectivity index (χ0n) is 55.9. The summed E-state index contributed by atoms with van der Waals surface area (Å²) in [6.45, 7) is 7.36. The summed E-state index contributed by atoms with van der Waals surface area (Å²) < 4.78 is 66.2. The molecule has 99 heavy (non-hydrogen) atoms. The van der Waals surface area contributed by atoms with Gasteiger partial charge in [-0.1, -0.05) is 224 Å². The molecule has 1 N–H and O–H groups in total. The van der Waals surface area contributed by atoms with E-state index in [9.17, 15) is 26.4 Å². The van der Waals surface area contributed by atoms with Gasteiger partial charge in [-0.05, 0) is 116 Å². The number of carbonyl (C=O) groups excluding carboxylic acids is 2. The smallest absolute Gasteiger partial charge is 0.410 e. The highest BCUT2D eigenvalue weighted by molar-refractivity contribution is 7.89. The zero-order valence-corrected chi connectivity index (χ0v) is 57.5. The molecule has 0 atom stereocenters. The van der Waals surface area contributed by atoms with Gasteiger partial charge in [-0.15, -0.1) is 0 Å². The molecule has 508 valence electrons. The highest BCUT2D eigenvalue weighted by Crippen LogP contribution is 2.28. The van der Waals surface area contributed by atoms with E-state index in [1.807, 2.05) is 145 Å². The van der Waals surface area contributed by atoms with Crippen molar-refractivity contribution in [2.24, 2.45) is 0 Å². The first kappa shape index (κ1) is 70.4. The van der Waals surface area contributed by atoms with Gasteiger partial charge >= 0.3 is 12.1 Å². The van der Waals surface area contributed by atoms with Crippen molar-refractivity contribution < 1.29 is 31.2 Å². The van der Waals surface area contributed by atoms with Crippen LogP contribution in [0, 0.1) is 0 Å². The fraction of sp³-hybridized carbons (Fsp3) is 0.225. The summed E-state index contributed by atoms with van der Waals surface area (Å²) >= 11 is 0. The lowest BCUT2D eigenvalue weighted by molar-refractivity contribution is 0.132. The molecule has 11 aromatic rings. The molecule has 17 nitrogen and oxygen atoms in total. The first-order valence-electron chi connectivity index (χ1n) is 33.4. The molecular weight excluding hydrogens is 1280 g/mol. The maximum absolute atomic E-state index is 13.9. The SMILES string of the molecule is CN(C(=O)n1cnc(-c2ccc(S(=O)(=O)N(Cc3ccccc3)Cc3ccccc3)cc2)c1)C1CCN(Cc2ccccc2)CC1.CNC1CCN(Cc2ccccc2)CC1.O=C(Oc1ccccc1)n1cnc(-c2ccc(S(=O)(=O)N(Cc3ccccc3)Cc3ccccc3)cc2)c1. The summed E-state index contributed by atoms with van der Waals surface area (Å²) in [5.41, 5.74) is 8.89. The fourth-order valence-corrected chi connectivity index (χ4v) is 15.0. The lowest BCUT2D eigenvalue weighted by atomic mass is 10.0. The fourth-order valence-electron chi connectivity index (χ4n) is 12.1. The lowest BCUT2D eigenvalue weighted by Gasteiger charge is -2.36. The maximum atomic E-state index is 13.9. The Hall–Kier alpha value is -9.96. The van der Waals surface area contributed by atoms with Crippen molar-refractivity contribution in [1.29, 1.82) is 0 Å². The Morgan fingerprint density at radius 2 is 0.758 bits per heavy atom. The second-order valence-corrected chi connectivity index (χ2v) is 28.6. The highest BCUT2D eigenvalue weighted by Gasteiger charge is 2.29. The Kier molecular flexibility index (Phi) is 24.5. The number of benzene rings is 9. The number of ether oxygens (including phenoxy) is 1. The van der Waals surface area contributed by atoms with Gasteiger partial charge < -0.3 is 15.0 Å². The molecule has 2 aliphatic rings. The largest absolute Gasteiger partial charge is 0.424 e. The van der Waals surface area contributed by atoms with Gasteiger partial charge in [-0.2, -0.15) is 8.61 Å². The molecule has 1 amide bonds. The third kappa shape index (κ3) is 19.7. The van der Waals surface area contributed by atoms with E-state index in [-0.39, 0.29) is 48.0 Å². The number of para-hydroxylation sites is 1. The van der Waals surface area contributed by atoms with E-state index in [1.54, 1.807) is 85.2 Å². The van der Waals surface area contributed by atoms with Crippen LogP contribution in [0.3, 0.4) is 0 Å². The minimum absolute atomic E-state index is 0.128. The molecular formula is C80H84N10O7S2. The number of nitrogens with zero attached hydrogens (tertiary/aromatic N) is 9. The van der Waals surface area contributed by atoms with E-state index in [1.165, 1.54) is 67.5 Å². The number of likely N-dealkylation sites (tertiary alicyclic amines) is 2. The molecule has 2 fully saturated rings. The van der Waals surface area contributed by atoms with Gasteiger partial charge in [0.2, 0.25) is 20.0 Å². The molecule has 13 rings (SSSR count). The number of imidazole rings is 2. The summed E-state index contributed by atoms with van der Waals surface area (Å²) in [5.74, 6) is 0.429. The van der Waals surface area contributed by atoms with Crippen LogP contribution in [0.1, 0.15) is 59.1 Å². The van der Waals surface area contributed by atoms with Crippen LogP contribution in [0.2, 0.25) is 0 Å². The monoisotopic (exact) mass is 1360 g/mol. The quantitative estimate of drug-likeness (QED) is 0.0722. The number of piperidine rings is 2. The Morgan fingerprint density at radius 1 is 0.434 bits per heavy atom. The Labute approximate surface area is 582 Å². The Balaban J connectivity index is 0.000000167. The average Bonchev–Trinajstić information content (AvgIpc) is 1.76. The van der Waals surface area contributed by atoms with E-state index < -0.39 is 26.1 Å². The van der Waals surface area contributed by atoms with Gasteiger partial charge in [0.15, 0.2) is 0 Å². The lowest BCUT2D eigenvalue weighted by Crippen LogP contribution is -2.46. The van der Waals surface area contributed by atoms with Gasteiger partial charge in [-0.25, -0.2) is 41.0 Å². The summed E-state index contributed by atoms with van der Waals surface area (Å²) in [5, 5.41) is 3.36. The normalized spacial score (nSPS) is 14.0. The average molecular weight is 1360 g/mol. The van der Waals surface area contributed by atoms with E-state index >= 15 is 0 Å². The van der Waals surface area contributed by atoms with Crippen molar-refractivity contribution in [3.8, 4) is 28.3 Å². The maximum Gasteiger partial charge on any atom is 0.424 e. The number of carbonyl (C=O) groups is 2. The Bertz CT molecular complexity index is 4420. The number of hydrogen-bond acceptors (Lipinski definition) is 12. The molecule has 19 heteroatoms. The minimum Gasteiger partial charge on any atom is -0.410 e. The molecule has 9 aromatic carbocycles. The first-order chi connectivity index (χ1) is 48.2. The van der Waals surface area contributed by atoms with Crippen molar-refractivity contribution in [2.45, 2.75) is 86.8 Å². The predicted octanol–water partition coefficient (Wildman–Crippen LogP) is 14.4. The van der Waals surface area contributed by atoms with Crippen LogP contribution >= 0.6 is 0 Å². The molecule has 2 saturated heterocycles. The second-order valence-electron chi connectivity index (χ2n) is 24.8. The number of sulfonamides is 2. The molecule has 0 spiro atoms. The summed E-state index contributed by atoms with van der Waals surface area (Å²) in [6, 6.07) is 82.2. The van der Waals surface area contributed by atoms with E-state index in [0.717, 1.165) is 72.9 Å². The van der Waals surface area contributed by atoms with Crippen molar-refractivity contribution in [3.05, 3.63) is 319 Å². The van der Waals surface area contributed by atoms with Crippen LogP contribution in [0.4, 0.5) is 9.59 Å². The van der Waals surface area contributed by atoms with Crippen molar-refractivity contribution in [3.63, 3.8) is 0 Å². The van der Waals surface area contributed by atoms with Crippen LogP contribution < -0.4 is 10.1 Å². The van der Waals surface area contributed by atoms with Crippen LogP contribution in [0.25, 0.3) is 22.5 Å². The minimum atomic E-state index is -3.81. The summed E-state index contributed by atoms with van der Waals surface area (Å²) in [7, 11) is -3.69. The summed E-state index contributed by atoms with van der Waals surface area (Å²) in [4.78, 5) is 41.8. The second kappa shape index (κ2) is 34.5. The topological polar surface area (TPSA) is 176 Å². The Morgan fingerprint density at radius 3 is 1.12 bits per heavy atom. The number of rotatable bonds is 21. The number of nitrogens with one attached hydrogen (secondary N) is 1. The molecule has 4 heterocycles. The van der Waals surface area contributed by atoms with Crippen LogP contribution in [-0.2, 0) is 59.3 Å². The molecule has 0 unspecified atom stereocenters. The molecule has 0 saturated carbocycles. The van der Waals surface area contributed by atoms with Crippen molar-refractivity contribution >= 4 is 32.2 Å². The first-order valence-corrected chi connectivity index (χ1v) is 36.3. The van der Waals surface area contributed by atoms with Gasteiger partial charge in [-0.3, -0.25) is 14.4 Å². The highest BCUT2D eigenvalue weighted by atomic mass is 32.2. The molecule has 0 aliphatic carbocycles. The van der Waals surface area contributed by atoms with Gasteiger partial charge in [0.25, 0.3) is 0 Å². The van der Waals surface area contributed by atoms with Crippen LogP contribution in [0.5, 0.6) is 5.75 Å². The van der Waals surface area contributed by atoms with Crippen molar-refractivity contribution in [2.75, 3.05) is 40.3 Å². The number of hydrogen-bond donors (Lipinski definition) is 1. The van der Waals surface area contributed by atoms with Gasteiger partial charge in [0.05, 0.1) is 21.2 Å².